The molecule has 1 aromatic heterocycles. The zero-order valence-corrected chi connectivity index (χ0v) is 11.7. The van der Waals surface area contributed by atoms with Crippen molar-refractivity contribution in [3.8, 4) is 5.75 Å². The van der Waals surface area contributed by atoms with Crippen molar-refractivity contribution in [3.63, 3.8) is 0 Å². The summed E-state index contributed by atoms with van der Waals surface area (Å²) in [6.45, 7) is 2.05. The first-order valence-electron chi connectivity index (χ1n) is 5.47. The number of aryl methyl sites for hydroxylation is 1. The van der Waals surface area contributed by atoms with Crippen molar-refractivity contribution < 1.29 is 4.74 Å². The number of halogens is 2. The van der Waals surface area contributed by atoms with E-state index in [2.05, 4.69) is 15.4 Å². The molecule has 0 saturated carbocycles. The third-order valence-electron chi connectivity index (χ3n) is 2.25. The Balaban J connectivity index is 2.11. The topological polar surface area (TPSA) is 73.1 Å². The first-order valence-corrected chi connectivity index (χ1v) is 6.22. The zero-order chi connectivity index (χ0) is 13.8. The molecule has 0 atom stereocenters. The molecule has 0 bridgehead atoms. The van der Waals surface area contributed by atoms with Crippen LogP contribution in [0, 0.1) is 6.92 Å². The van der Waals surface area contributed by atoms with Gasteiger partial charge in [-0.3, -0.25) is 0 Å². The van der Waals surface area contributed by atoms with Crippen LogP contribution in [0.3, 0.4) is 0 Å². The Bertz CT molecular complexity index is 572. The zero-order valence-electron chi connectivity index (χ0n) is 10.2. The van der Waals surface area contributed by atoms with Crippen molar-refractivity contribution in [2.24, 2.45) is 5.84 Å². The highest BCUT2D eigenvalue weighted by molar-refractivity contribution is 6.34. The van der Waals surface area contributed by atoms with Crippen LogP contribution >= 0.6 is 23.2 Å². The van der Waals surface area contributed by atoms with Crippen LogP contribution in [0.15, 0.2) is 24.3 Å². The van der Waals surface area contributed by atoms with Gasteiger partial charge in [-0.25, -0.2) is 15.8 Å². The standard InChI is InChI=1S/C12H12Cl2N4O/c1-7-2-11(18-15)17-12(16-7)6-19-10-4-8(13)3-9(14)5-10/h2-5H,6,15H2,1H3,(H,16,17,18). The van der Waals surface area contributed by atoms with Gasteiger partial charge in [0.05, 0.1) is 0 Å². The van der Waals surface area contributed by atoms with Gasteiger partial charge in [0.1, 0.15) is 18.2 Å². The van der Waals surface area contributed by atoms with E-state index in [1.54, 1.807) is 24.3 Å². The maximum absolute atomic E-state index is 5.88. The van der Waals surface area contributed by atoms with Gasteiger partial charge in [0.25, 0.3) is 0 Å². The molecule has 1 heterocycles. The normalized spacial score (nSPS) is 10.3. The van der Waals surface area contributed by atoms with Gasteiger partial charge < -0.3 is 10.2 Å². The Hall–Kier alpha value is -1.56. The number of hydrogen-bond donors (Lipinski definition) is 2. The van der Waals surface area contributed by atoms with E-state index in [0.717, 1.165) is 5.69 Å². The van der Waals surface area contributed by atoms with Gasteiger partial charge >= 0.3 is 0 Å². The smallest absolute Gasteiger partial charge is 0.168 e. The second-order valence-electron chi connectivity index (χ2n) is 3.85. The molecule has 5 nitrogen and oxygen atoms in total. The number of aromatic nitrogens is 2. The highest BCUT2D eigenvalue weighted by atomic mass is 35.5. The Labute approximate surface area is 120 Å². The lowest BCUT2D eigenvalue weighted by atomic mass is 10.3. The first kappa shape index (κ1) is 13.9. The highest BCUT2D eigenvalue weighted by Gasteiger charge is 2.04. The number of nitrogens with one attached hydrogen (secondary N) is 1. The average Bonchev–Trinajstić information content (AvgIpc) is 2.34. The molecule has 1 aromatic carbocycles. The van der Waals surface area contributed by atoms with Gasteiger partial charge in [-0.1, -0.05) is 23.2 Å². The molecule has 2 aromatic rings. The van der Waals surface area contributed by atoms with Gasteiger partial charge in [-0.15, -0.1) is 0 Å². The number of rotatable bonds is 4. The van der Waals surface area contributed by atoms with Crippen LogP contribution in [0.1, 0.15) is 11.5 Å². The fourth-order valence-corrected chi connectivity index (χ4v) is 2.03. The fraction of sp³-hybridized carbons (Fsp3) is 0.167. The Kier molecular flexibility index (Phi) is 4.42. The minimum absolute atomic E-state index is 0.201. The van der Waals surface area contributed by atoms with Crippen molar-refractivity contribution in [2.45, 2.75) is 13.5 Å². The third kappa shape index (κ3) is 3.96. The van der Waals surface area contributed by atoms with Crippen molar-refractivity contribution in [2.75, 3.05) is 5.43 Å². The molecular formula is C12H12Cl2N4O. The molecule has 0 aliphatic carbocycles. The lowest BCUT2D eigenvalue weighted by Gasteiger charge is -2.08. The van der Waals surface area contributed by atoms with Gasteiger partial charge in [-0.2, -0.15) is 0 Å². The van der Waals surface area contributed by atoms with Gasteiger partial charge in [0, 0.05) is 21.8 Å². The van der Waals surface area contributed by atoms with E-state index >= 15 is 0 Å². The molecule has 0 aliphatic rings. The van der Waals surface area contributed by atoms with E-state index in [9.17, 15) is 0 Å². The summed E-state index contributed by atoms with van der Waals surface area (Å²) in [6, 6.07) is 6.71. The summed E-state index contributed by atoms with van der Waals surface area (Å²) in [5.41, 5.74) is 3.27. The lowest BCUT2D eigenvalue weighted by Crippen LogP contribution is -2.12. The van der Waals surface area contributed by atoms with Crippen LogP contribution in [0.5, 0.6) is 5.75 Å². The monoisotopic (exact) mass is 298 g/mol. The van der Waals surface area contributed by atoms with Gasteiger partial charge in [-0.05, 0) is 25.1 Å². The van der Waals surface area contributed by atoms with Crippen LogP contribution in [-0.2, 0) is 6.61 Å². The number of nitrogens with two attached hydrogens (primary N) is 1. The van der Waals surface area contributed by atoms with E-state index in [1.165, 1.54) is 0 Å². The molecule has 0 spiro atoms. The summed E-state index contributed by atoms with van der Waals surface area (Å²) in [4.78, 5) is 8.42. The number of nitrogens with zero attached hydrogens (tertiary/aromatic N) is 2. The molecule has 0 unspecified atom stereocenters. The van der Waals surface area contributed by atoms with Crippen LogP contribution < -0.4 is 16.0 Å². The summed E-state index contributed by atoms with van der Waals surface area (Å²) in [6.07, 6.45) is 0. The van der Waals surface area contributed by atoms with E-state index in [1.807, 2.05) is 6.92 Å². The van der Waals surface area contributed by atoms with E-state index in [0.29, 0.717) is 27.4 Å². The second-order valence-corrected chi connectivity index (χ2v) is 4.72. The van der Waals surface area contributed by atoms with Gasteiger partial charge in [0.15, 0.2) is 5.82 Å². The van der Waals surface area contributed by atoms with E-state index in [4.69, 9.17) is 33.8 Å². The average molecular weight is 299 g/mol. The molecule has 2 rings (SSSR count). The molecule has 0 amide bonds. The van der Waals surface area contributed by atoms with Crippen molar-refractivity contribution in [1.29, 1.82) is 0 Å². The molecule has 3 N–H and O–H groups in total. The minimum Gasteiger partial charge on any atom is -0.486 e. The maximum Gasteiger partial charge on any atom is 0.168 e. The minimum atomic E-state index is 0.201. The molecular weight excluding hydrogens is 287 g/mol. The molecule has 7 heteroatoms. The maximum atomic E-state index is 5.88. The summed E-state index contributed by atoms with van der Waals surface area (Å²) < 4.78 is 5.55. The molecule has 19 heavy (non-hydrogen) atoms. The molecule has 0 radical (unpaired) electrons. The van der Waals surface area contributed by atoms with Crippen LogP contribution in [-0.4, -0.2) is 9.97 Å². The number of hydrazine groups is 1. The quantitative estimate of drug-likeness (QED) is 0.670. The lowest BCUT2D eigenvalue weighted by molar-refractivity contribution is 0.295. The summed E-state index contributed by atoms with van der Waals surface area (Å²) in [7, 11) is 0. The number of hydrogen-bond acceptors (Lipinski definition) is 5. The van der Waals surface area contributed by atoms with Crippen LogP contribution in [0.2, 0.25) is 10.0 Å². The van der Waals surface area contributed by atoms with Gasteiger partial charge in [0.2, 0.25) is 0 Å². The SMILES string of the molecule is Cc1cc(NN)nc(COc2cc(Cl)cc(Cl)c2)n1. The summed E-state index contributed by atoms with van der Waals surface area (Å²) >= 11 is 11.8. The van der Waals surface area contributed by atoms with Crippen molar-refractivity contribution >= 4 is 29.0 Å². The van der Waals surface area contributed by atoms with E-state index < -0.39 is 0 Å². The van der Waals surface area contributed by atoms with Crippen molar-refractivity contribution in [1.82, 2.24) is 9.97 Å². The molecule has 0 aliphatic heterocycles. The second kappa shape index (κ2) is 6.06. The number of ether oxygens (including phenoxy) is 1. The Morgan fingerprint density at radius 1 is 1.16 bits per heavy atom. The molecule has 0 saturated heterocycles. The first-order chi connectivity index (χ1) is 9.06. The largest absolute Gasteiger partial charge is 0.486 e. The van der Waals surface area contributed by atoms with E-state index in [-0.39, 0.29) is 6.61 Å². The van der Waals surface area contributed by atoms with Crippen LogP contribution in [0.4, 0.5) is 5.82 Å². The number of anilines is 1. The Morgan fingerprint density at radius 3 is 2.47 bits per heavy atom. The Morgan fingerprint density at radius 2 is 1.84 bits per heavy atom. The fourth-order valence-electron chi connectivity index (χ4n) is 1.53. The predicted molar refractivity (Wildman–Crippen MR) is 75.4 cm³/mol. The highest BCUT2D eigenvalue weighted by Crippen LogP contribution is 2.24. The predicted octanol–water partition coefficient (Wildman–Crippen LogP) is 2.96. The summed E-state index contributed by atoms with van der Waals surface area (Å²) in [5.74, 6) is 6.93. The number of benzene rings is 1. The molecule has 100 valence electrons. The van der Waals surface area contributed by atoms with Crippen LogP contribution in [0.25, 0.3) is 0 Å². The third-order valence-corrected chi connectivity index (χ3v) is 2.69. The summed E-state index contributed by atoms with van der Waals surface area (Å²) in [5, 5.41) is 1.02. The van der Waals surface area contributed by atoms with Crippen molar-refractivity contribution in [3.05, 3.63) is 45.8 Å². The molecule has 0 fully saturated rings. The number of nitrogen functional groups attached to an aromatic ring is 1.